The summed E-state index contributed by atoms with van der Waals surface area (Å²) in [6.07, 6.45) is 2.59. The van der Waals surface area contributed by atoms with E-state index in [-0.39, 0.29) is 23.2 Å². The third-order valence-electron chi connectivity index (χ3n) is 5.12. The Hall–Kier alpha value is -2.31. The first-order valence-electron chi connectivity index (χ1n) is 9.81. The molecule has 0 aliphatic carbocycles. The summed E-state index contributed by atoms with van der Waals surface area (Å²) >= 11 is 7.96. The molecule has 0 saturated heterocycles. The van der Waals surface area contributed by atoms with Gasteiger partial charge in [0.1, 0.15) is 0 Å². The number of carbonyl (C=O) groups is 1. The second kappa shape index (κ2) is 8.59. The SMILES string of the molecule is CCCCn1nc(C(=O)N[C@@H]2CCSc3ccc(Cl)cc32)c2ccccc2c1=O. The number of aryl methyl sites for hydroxylation is 1. The lowest BCUT2D eigenvalue weighted by Crippen LogP contribution is -2.34. The number of hydrogen-bond acceptors (Lipinski definition) is 4. The maximum absolute atomic E-state index is 13.2. The Morgan fingerprint density at radius 2 is 2.07 bits per heavy atom. The maximum atomic E-state index is 13.2. The number of fused-ring (bicyclic) bond motifs is 2. The van der Waals surface area contributed by atoms with Crippen LogP contribution in [0.15, 0.2) is 52.2 Å². The summed E-state index contributed by atoms with van der Waals surface area (Å²) in [5, 5.41) is 9.32. The van der Waals surface area contributed by atoms with Crippen molar-refractivity contribution in [1.82, 2.24) is 15.1 Å². The van der Waals surface area contributed by atoms with Gasteiger partial charge in [0, 0.05) is 27.6 Å². The van der Waals surface area contributed by atoms with Crippen molar-refractivity contribution in [3.05, 3.63) is 69.1 Å². The molecule has 2 heterocycles. The van der Waals surface area contributed by atoms with Crippen LogP contribution in [0, 0.1) is 0 Å². The Labute approximate surface area is 178 Å². The molecule has 1 aromatic heterocycles. The van der Waals surface area contributed by atoms with E-state index in [1.165, 1.54) is 4.68 Å². The van der Waals surface area contributed by atoms with Gasteiger partial charge in [0.25, 0.3) is 11.5 Å². The van der Waals surface area contributed by atoms with Gasteiger partial charge in [0.15, 0.2) is 5.69 Å². The molecule has 4 rings (SSSR count). The zero-order chi connectivity index (χ0) is 20.4. The molecule has 1 amide bonds. The number of carbonyl (C=O) groups excluding carboxylic acids is 1. The number of rotatable bonds is 5. The molecule has 7 heteroatoms. The first-order valence-corrected chi connectivity index (χ1v) is 11.2. The molecule has 2 aromatic carbocycles. The largest absolute Gasteiger partial charge is 0.344 e. The van der Waals surface area contributed by atoms with Crippen LogP contribution < -0.4 is 10.9 Å². The van der Waals surface area contributed by atoms with Crippen LogP contribution in [0.5, 0.6) is 0 Å². The number of hydrogen-bond donors (Lipinski definition) is 1. The van der Waals surface area contributed by atoms with E-state index < -0.39 is 0 Å². The fraction of sp³-hybridized carbons (Fsp3) is 0.318. The van der Waals surface area contributed by atoms with E-state index in [0.717, 1.165) is 35.5 Å². The van der Waals surface area contributed by atoms with Crippen molar-refractivity contribution in [2.45, 2.75) is 43.7 Å². The van der Waals surface area contributed by atoms with Crippen molar-refractivity contribution in [2.75, 3.05) is 5.75 Å². The summed E-state index contributed by atoms with van der Waals surface area (Å²) in [4.78, 5) is 27.1. The molecule has 0 spiro atoms. The lowest BCUT2D eigenvalue weighted by molar-refractivity contribution is 0.0929. The van der Waals surface area contributed by atoms with E-state index in [0.29, 0.717) is 22.3 Å². The molecule has 1 aliphatic heterocycles. The summed E-state index contributed by atoms with van der Waals surface area (Å²) < 4.78 is 1.42. The first-order chi connectivity index (χ1) is 14.1. The molecule has 0 fully saturated rings. The van der Waals surface area contributed by atoms with Crippen molar-refractivity contribution in [2.24, 2.45) is 0 Å². The Kier molecular flexibility index (Phi) is 5.92. The summed E-state index contributed by atoms with van der Waals surface area (Å²) in [6.45, 7) is 2.56. The topological polar surface area (TPSA) is 64.0 Å². The molecule has 29 heavy (non-hydrogen) atoms. The van der Waals surface area contributed by atoms with Crippen LogP contribution in [0.25, 0.3) is 10.8 Å². The molecule has 5 nitrogen and oxygen atoms in total. The minimum atomic E-state index is -0.269. The van der Waals surface area contributed by atoms with Gasteiger partial charge in [-0.15, -0.1) is 11.8 Å². The molecule has 150 valence electrons. The molecule has 1 N–H and O–H groups in total. The highest BCUT2D eigenvalue weighted by molar-refractivity contribution is 7.99. The van der Waals surface area contributed by atoms with E-state index in [1.54, 1.807) is 23.9 Å². The van der Waals surface area contributed by atoms with Crippen molar-refractivity contribution < 1.29 is 4.79 Å². The molecule has 0 unspecified atom stereocenters. The Bertz CT molecular complexity index is 1130. The molecular weight excluding hydrogens is 406 g/mol. The van der Waals surface area contributed by atoms with Crippen LogP contribution in [-0.4, -0.2) is 21.4 Å². The van der Waals surface area contributed by atoms with Crippen molar-refractivity contribution in [3.8, 4) is 0 Å². The normalized spacial score (nSPS) is 15.9. The van der Waals surface area contributed by atoms with Crippen LogP contribution in [0.2, 0.25) is 5.02 Å². The number of unbranched alkanes of at least 4 members (excludes halogenated alkanes) is 1. The molecular formula is C22H22ClN3O2S. The smallest absolute Gasteiger partial charge is 0.274 e. The van der Waals surface area contributed by atoms with Gasteiger partial charge in [0.2, 0.25) is 0 Å². The van der Waals surface area contributed by atoms with E-state index >= 15 is 0 Å². The van der Waals surface area contributed by atoms with Gasteiger partial charge in [-0.1, -0.05) is 43.1 Å². The number of thioether (sulfide) groups is 1. The van der Waals surface area contributed by atoms with Gasteiger partial charge in [0.05, 0.1) is 11.4 Å². The number of halogens is 1. The number of nitrogens with zero attached hydrogens (tertiary/aromatic N) is 2. The maximum Gasteiger partial charge on any atom is 0.274 e. The number of aromatic nitrogens is 2. The molecule has 0 radical (unpaired) electrons. The highest BCUT2D eigenvalue weighted by Gasteiger charge is 2.25. The monoisotopic (exact) mass is 427 g/mol. The fourth-order valence-electron chi connectivity index (χ4n) is 3.60. The van der Waals surface area contributed by atoms with Crippen LogP contribution in [0.3, 0.4) is 0 Å². The fourth-order valence-corrected chi connectivity index (χ4v) is 4.89. The van der Waals surface area contributed by atoms with Gasteiger partial charge < -0.3 is 5.32 Å². The van der Waals surface area contributed by atoms with Gasteiger partial charge in [-0.25, -0.2) is 4.68 Å². The van der Waals surface area contributed by atoms with E-state index in [2.05, 4.69) is 17.3 Å². The zero-order valence-electron chi connectivity index (χ0n) is 16.2. The molecule has 1 atom stereocenters. The Morgan fingerprint density at radius 3 is 2.86 bits per heavy atom. The number of benzene rings is 2. The molecule has 0 saturated carbocycles. The first kappa shape index (κ1) is 20.0. The quantitative estimate of drug-likeness (QED) is 0.634. The highest BCUT2D eigenvalue weighted by Crippen LogP contribution is 2.37. The second-order valence-corrected chi connectivity index (χ2v) is 8.69. The van der Waals surface area contributed by atoms with Gasteiger partial charge in [-0.2, -0.15) is 5.10 Å². The van der Waals surface area contributed by atoms with E-state index in [1.807, 2.05) is 30.3 Å². The number of amides is 1. The summed E-state index contributed by atoms with van der Waals surface area (Å²) in [7, 11) is 0. The van der Waals surface area contributed by atoms with Gasteiger partial charge >= 0.3 is 0 Å². The predicted molar refractivity (Wildman–Crippen MR) is 118 cm³/mol. The minimum absolute atomic E-state index is 0.131. The Morgan fingerprint density at radius 1 is 1.28 bits per heavy atom. The van der Waals surface area contributed by atoms with E-state index in [9.17, 15) is 9.59 Å². The van der Waals surface area contributed by atoms with Crippen LogP contribution in [0.1, 0.15) is 48.3 Å². The molecule has 3 aromatic rings. The minimum Gasteiger partial charge on any atom is -0.344 e. The molecule has 0 bridgehead atoms. The van der Waals surface area contributed by atoms with Crippen LogP contribution >= 0.6 is 23.4 Å². The highest BCUT2D eigenvalue weighted by atomic mass is 35.5. The van der Waals surface area contributed by atoms with E-state index in [4.69, 9.17) is 11.6 Å². The van der Waals surface area contributed by atoms with Gasteiger partial charge in [-0.05, 0) is 42.7 Å². The summed E-state index contributed by atoms with van der Waals surface area (Å²) in [5.41, 5.74) is 1.17. The lowest BCUT2D eigenvalue weighted by Gasteiger charge is -2.26. The van der Waals surface area contributed by atoms with Crippen molar-refractivity contribution in [3.63, 3.8) is 0 Å². The van der Waals surface area contributed by atoms with Crippen molar-refractivity contribution in [1.29, 1.82) is 0 Å². The summed E-state index contributed by atoms with van der Waals surface area (Å²) in [5.74, 6) is 0.651. The lowest BCUT2D eigenvalue weighted by atomic mass is 10.0. The van der Waals surface area contributed by atoms with Crippen LogP contribution in [0.4, 0.5) is 0 Å². The second-order valence-electron chi connectivity index (χ2n) is 7.12. The van der Waals surface area contributed by atoms with Crippen molar-refractivity contribution >= 4 is 40.0 Å². The van der Waals surface area contributed by atoms with Crippen LogP contribution in [-0.2, 0) is 6.54 Å². The average Bonchev–Trinajstić information content (AvgIpc) is 2.74. The predicted octanol–water partition coefficient (Wildman–Crippen LogP) is 4.82. The standard InChI is InChI=1S/C22H22ClN3O2S/c1-2-3-11-26-22(28)16-7-5-4-6-15(16)20(25-26)21(27)24-18-10-12-29-19-9-8-14(23)13-17(18)19/h4-9,13,18H,2-3,10-12H2,1H3,(H,24,27)/t18-/m1/s1. The van der Waals surface area contributed by atoms with Gasteiger partial charge in [-0.3, -0.25) is 9.59 Å². The average molecular weight is 428 g/mol. The third kappa shape index (κ3) is 4.05. The third-order valence-corrected chi connectivity index (χ3v) is 6.48. The Balaban J connectivity index is 1.72. The molecule has 1 aliphatic rings. The zero-order valence-corrected chi connectivity index (χ0v) is 17.7. The number of nitrogens with one attached hydrogen (secondary N) is 1. The summed E-state index contributed by atoms with van der Waals surface area (Å²) in [6, 6.07) is 12.8.